The Labute approximate surface area is 90.4 Å². The molecule has 0 aromatic carbocycles. The molecule has 0 fully saturated rings. The first-order chi connectivity index (χ1) is 5.91. The van der Waals surface area contributed by atoms with E-state index in [1.807, 2.05) is 0 Å². The van der Waals surface area contributed by atoms with Gasteiger partial charge >= 0.3 is 5.97 Å². The SMILES string of the molecule is O=C(O)C(O)C(O)C(O)C(O)CO.[Cr]. The fourth-order valence-corrected chi connectivity index (χ4v) is 0.668. The second-order valence-electron chi connectivity index (χ2n) is 2.51. The van der Waals surface area contributed by atoms with E-state index in [4.69, 9.17) is 30.6 Å². The third-order valence-electron chi connectivity index (χ3n) is 1.51. The molecular weight excluding hydrogens is 236 g/mol. The molecule has 7 nitrogen and oxygen atoms in total. The summed E-state index contributed by atoms with van der Waals surface area (Å²) < 4.78 is 0. The van der Waals surface area contributed by atoms with E-state index in [1.165, 1.54) is 0 Å². The van der Waals surface area contributed by atoms with E-state index < -0.39 is 37.0 Å². The van der Waals surface area contributed by atoms with Crippen molar-refractivity contribution in [1.82, 2.24) is 0 Å². The summed E-state index contributed by atoms with van der Waals surface area (Å²) in [7, 11) is 0. The van der Waals surface area contributed by atoms with Crippen molar-refractivity contribution in [2.24, 2.45) is 0 Å². The molecule has 0 aliphatic carbocycles. The van der Waals surface area contributed by atoms with E-state index in [0.29, 0.717) is 0 Å². The average Bonchev–Trinajstić information content (AvgIpc) is 2.12. The van der Waals surface area contributed by atoms with Gasteiger partial charge in [-0.3, -0.25) is 0 Å². The van der Waals surface area contributed by atoms with E-state index in [9.17, 15) is 4.79 Å². The van der Waals surface area contributed by atoms with Crippen LogP contribution >= 0.6 is 0 Å². The van der Waals surface area contributed by atoms with Crippen molar-refractivity contribution in [3.8, 4) is 0 Å². The molecule has 0 spiro atoms. The van der Waals surface area contributed by atoms with E-state index in [-0.39, 0.29) is 17.4 Å². The van der Waals surface area contributed by atoms with E-state index in [1.54, 1.807) is 0 Å². The number of carboxylic acids is 1. The first-order valence-corrected chi connectivity index (χ1v) is 3.47. The zero-order chi connectivity index (χ0) is 10.6. The van der Waals surface area contributed by atoms with Crippen molar-refractivity contribution in [1.29, 1.82) is 0 Å². The number of aliphatic carboxylic acids is 1. The first kappa shape index (κ1) is 16.2. The molecule has 0 aliphatic rings. The van der Waals surface area contributed by atoms with Gasteiger partial charge in [-0.2, -0.15) is 0 Å². The third kappa shape index (κ3) is 4.35. The van der Waals surface area contributed by atoms with Crippen LogP contribution in [0, 0.1) is 0 Å². The summed E-state index contributed by atoms with van der Waals surface area (Å²) in [6.45, 7) is -0.843. The number of hydrogen-bond acceptors (Lipinski definition) is 6. The normalized spacial score (nSPS) is 18.9. The molecule has 4 unspecified atom stereocenters. The Morgan fingerprint density at radius 3 is 1.79 bits per heavy atom. The number of aliphatic hydroxyl groups is 5. The molecule has 0 radical (unpaired) electrons. The molecule has 4 atom stereocenters. The number of hydrogen-bond donors (Lipinski definition) is 6. The quantitative estimate of drug-likeness (QED) is 0.297. The Morgan fingerprint density at radius 2 is 1.50 bits per heavy atom. The maximum Gasteiger partial charge on any atom is 0.335 e. The van der Waals surface area contributed by atoms with Crippen LogP contribution in [0.25, 0.3) is 0 Å². The predicted octanol–water partition coefficient (Wildman–Crippen LogP) is -3.50. The van der Waals surface area contributed by atoms with Gasteiger partial charge in [-0.05, 0) is 0 Å². The van der Waals surface area contributed by atoms with Gasteiger partial charge in [0, 0.05) is 17.4 Å². The monoisotopic (exact) mass is 248 g/mol. The zero-order valence-corrected chi connectivity index (χ0v) is 8.29. The fraction of sp³-hybridized carbons (Fsp3) is 0.833. The first-order valence-electron chi connectivity index (χ1n) is 3.47. The molecular formula is C6H12CrO7. The van der Waals surface area contributed by atoms with E-state index in [0.717, 1.165) is 0 Å². The van der Waals surface area contributed by atoms with Crippen molar-refractivity contribution in [2.75, 3.05) is 6.61 Å². The summed E-state index contributed by atoms with van der Waals surface area (Å²) >= 11 is 0. The minimum atomic E-state index is -2.20. The average molecular weight is 248 g/mol. The summed E-state index contributed by atoms with van der Waals surface area (Å²) in [4.78, 5) is 10.1. The van der Waals surface area contributed by atoms with Crippen LogP contribution in [-0.4, -0.2) is 67.6 Å². The van der Waals surface area contributed by atoms with Crippen molar-refractivity contribution >= 4 is 5.97 Å². The smallest absolute Gasteiger partial charge is 0.335 e. The topological polar surface area (TPSA) is 138 Å². The van der Waals surface area contributed by atoms with Gasteiger partial charge in [0.2, 0.25) is 0 Å². The van der Waals surface area contributed by atoms with Gasteiger partial charge in [0.1, 0.15) is 18.3 Å². The summed E-state index contributed by atoms with van der Waals surface area (Å²) in [5.74, 6) is -1.73. The number of carbonyl (C=O) groups is 1. The largest absolute Gasteiger partial charge is 0.479 e. The van der Waals surface area contributed by atoms with Gasteiger partial charge in [-0.1, -0.05) is 0 Å². The van der Waals surface area contributed by atoms with Crippen LogP contribution in [0.15, 0.2) is 0 Å². The van der Waals surface area contributed by atoms with E-state index >= 15 is 0 Å². The van der Waals surface area contributed by atoms with Crippen molar-refractivity contribution in [3.05, 3.63) is 0 Å². The van der Waals surface area contributed by atoms with Crippen molar-refractivity contribution < 1.29 is 52.8 Å². The molecule has 0 rings (SSSR count). The third-order valence-corrected chi connectivity index (χ3v) is 1.51. The van der Waals surface area contributed by atoms with Crippen LogP contribution in [0.5, 0.6) is 0 Å². The molecule has 0 aliphatic heterocycles. The Morgan fingerprint density at radius 1 is 1.07 bits per heavy atom. The molecule has 84 valence electrons. The second-order valence-corrected chi connectivity index (χ2v) is 2.51. The summed E-state index contributed by atoms with van der Waals surface area (Å²) in [6, 6.07) is 0. The molecule has 0 amide bonds. The maximum absolute atomic E-state index is 10.1. The molecule has 0 bridgehead atoms. The second kappa shape index (κ2) is 7.14. The molecule has 6 N–H and O–H groups in total. The van der Waals surface area contributed by atoms with Gasteiger partial charge in [0.05, 0.1) is 6.61 Å². The Balaban J connectivity index is 0. The number of aliphatic hydroxyl groups excluding tert-OH is 5. The van der Waals surface area contributed by atoms with Crippen LogP contribution in [0.2, 0.25) is 0 Å². The molecule has 0 aromatic rings. The molecule has 0 saturated carbocycles. The van der Waals surface area contributed by atoms with Crippen LogP contribution in [0.1, 0.15) is 0 Å². The molecule has 0 saturated heterocycles. The van der Waals surface area contributed by atoms with Gasteiger partial charge < -0.3 is 30.6 Å². The standard InChI is InChI=1S/C6H12O7.Cr/c7-1-2(8)3(9)4(10)5(11)6(12)13;/h2-5,7-11H,1H2,(H,12,13);. The Hall–Kier alpha value is -0.198. The number of carboxylic acid groups (broad SMARTS) is 1. The minimum absolute atomic E-state index is 0. The molecule has 0 heterocycles. The maximum atomic E-state index is 10.1. The Kier molecular flexibility index (Phi) is 8.28. The molecule has 0 aromatic heterocycles. The molecule has 8 heteroatoms. The fourth-order valence-electron chi connectivity index (χ4n) is 0.668. The van der Waals surface area contributed by atoms with Gasteiger partial charge in [-0.15, -0.1) is 0 Å². The summed E-state index contributed by atoms with van der Waals surface area (Å²) in [5, 5.41) is 51.8. The minimum Gasteiger partial charge on any atom is -0.479 e. The van der Waals surface area contributed by atoms with Crippen LogP contribution in [0.4, 0.5) is 0 Å². The van der Waals surface area contributed by atoms with Gasteiger partial charge in [0.25, 0.3) is 0 Å². The zero-order valence-electron chi connectivity index (χ0n) is 7.02. The predicted molar refractivity (Wildman–Crippen MR) is 38.7 cm³/mol. The van der Waals surface area contributed by atoms with Crippen LogP contribution < -0.4 is 0 Å². The van der Waals surface area contributed by atoms with Crippen molar-refractivity contribution in [2.45, 2.75) is 24.4 Å². The van der Waals surface area contributed by atoms with Crippen molar-refractivity contribution in [3.63, 3.8) is 0 Å². The Bertz CT molecular complexity index is 176. The summed E-state index contributed by atoms with van der Waals surface area (Å²) in [6.07, 6.45) is -7.84. The van der Waals surface area contributed by atoms with Gasteiger partial charge in [-0.25, -0.2) is 4.79 Å². The van der Waals surface area contributed by atoms with Gasteiger partial charge in [0.15, 0.2) is 6.10 Å². The van der Waals surface area contributed by atoms with E-state index in [2.05, 4.69) is 0 Å². The summed E-state index contributed by atoms with van der Waals surface area (Å²) in [5.41, 5.74) is 0. The van der Waals surface area contributed by atoms with Crippen LogP contribution in [0.3, 0.4) is 0 Å². The van der Waals surface area contributed by atoms with Crippen LogP contribution in [-0.2, 0) is 22.2 Å². The molecule has 14 heavy (non-hydrogen) atoms. The number of rotatable bonds is 5.